The van der Waals surface area contributed by atoms with Crippen molar-refractivity contribution in [3.05, 3.63) is 65.0 Å². The quantitative estimate of drug-likeness (QED) is 0.329. The molecule has 0 saturated heterocycles. The average Bonchev–Trinajstić information content (AvgIpc) is 3.32. The molecule has 11 heteroatoms. The molecule has 0 fully saturated rings. The van der Waals surface area contributed by atoms with Crippen LogP contribution in [0.1, 0.15) is 66.3 Å². The molecule has 1 aromatic carbocycles. The third kappa shape index (κ3) is 7.53. The van der Waals surface area contributed by atoms with Crippen LogP contribution in [0.4, 0.5) is 0 Å². The lowest BCUT2D eigenvalue weighted by Crippen LogP contribution is -2.59. The number of nitrogens with one attached hydrogen (secondary N) is 2. The molecule has 0 bridgehead atoms. The summed E-state index contributed by atoms with van der Waals surface area (Å²) < 4.78 is 7.71. The second kappa shape index (κ2) is 12.7. The maximum atomic E-state index is 13.1. The second-order valence-electron chi connectivity index (χ2n) is 8.98. The standard InChI is InChI=1S/C26H32N4O6S/c1-4-20(5-2)36-22-11-18(25(33)34)10-21(23(22)28-15(3)31)29-24(32)19-12-27-30(14-19)13-16-7-6-8-17(9-16)26(35)37/h6-9,11-12,14,20-23H,4-5,10,13H2,1-3H3,(H,28,31)(H,29,32)(H,33,34)(H,35,37)/t21-,22+,23+/m0/s1. The molecular weight excluding hydrogens is 496 g/mol. The molecule has 0 spiro atoms. The number of benzene rings is 1. The van der Waals surface area contributed by atoms with Gasteiger partial charge >= 0.3 is 5.97 Å². The van der Waals surface area contributed by atoms with Gasteiger partial charge in [-0.25, -0.2) is 4.79 Å². The smallest absolute Gasteiger partial charge is 0.331 e. The third-order valence-electron chi connectivity index (χ3n) is 6.23. The van der Waals surface area contributed by atoms with E-state index in [-0.39, 0.29) is 34.7 Å². The fourth-order valence-corrected chi connectivity index (χ4v) is 4.45. The van der Waals surface area contributed by atoms with Gasteiger partial charge in [0.05, 0.1) is 42.6 Å². The molecule has 2 amide bonds. The van der Waals surface area contributed by atoms with Crippen molar-refractivity contribution < 1.29 is 29.0 Å². The highest BCUT2D eigenvalue weighted by molar-refractivity contribution is 7.97. The molecule has 0 aliphatic heterocycles. The number of carboxylic acid groups (broad SMARTS) is 1. The molecule has 3 atom stereocenters. The summed E-state index contributed by atoms with van der Waals surface area (Å²) in [5, 5.41) is 19.3. The number of hydrogen-bond acceptors (Lipinski definition) is 6. The Hall–Kier alpha value is -3.44. The van der Waals surface area contributed by atoms with Gasteiger partial charge in [0.15, 0.2) is 0 Å². The zero-order valence-electron chi connectivity index (χ0n) is 21.0. The minimum Gasteiger partial charge on any atom is -0.478 e. The van der Waals surface area contributed by atoms with Crippen molar-refractivity contribution in [3.63, 3.8) is 0 Å². The summed E-state index contributed by atoms with van der Waals surface area (Å²) in [5.74, 6) is -1.88. The summed E-state index contributed by atoms with van der Waals surface area (Å²) in [6, 6.07) is 5.58. The Labute approximate surface area is 220 Å². The molecule has 1 aromatic heterocycles. The number of rotatable bonds is 11. The van der Waals surface area contributed by atoms with Crippen molar-refractivity contribution >= 4 is 35.5 Å². The van der Waals surface area contributed by atoms with E-state index in [0.717, 1.165) is 18.4 Å². The summed E-state index contributed by atoms with van der Waals surface area (Å²) in [4.78, 5) is 48.5. The molecule has 1 aliphatic rings. The first-order valence-electron chi connectivity index (χ1n) is 12.1. The van der Waals surface area contributed by atoms with Gasteiger partial charge in [-0.2, -0.15) is 5.10 Å². The molecule has 0 radical (unpaired) electrons. The molecule has 1 aliphatic carbocycles. The Morgan fingerprint density at radius 2 is 1.92 bits per heavy atom. The molecule has 37 heavy (non-hydrogen) atoms. The van der Waals surface area contributed by atoms with Crippen molar-refractivity contribution in [2.45, 2.75) is 70.9 Å². The van der Waals surface area contributed by atoms with Crippen LogP contribution in [0.15, 0.2) is 48.3 Å². The summed E-state index contributed by atoms with van der Waals surface area (Å²) in [5.41, 5.74) is 1.65. The fraction of sp³-hybridized carbons (Fsp3) is 0.423. The van der Waals surface area contributed by atoms with Gasteiger partial charge in [0, 0.05) is 30.7 Å². The molecule has 0 saturated carbocycles. The predicted octanol–water partition coefficient (Wildman–Crippen LogP) is 2.59. The maximum absolute atomic E-state index is 13.1. The van der Waals surface area contributed by atoms with Crippen LogP contribution < -0.4 is 10.6 Å². The number of amides is 2. The van der Waals surface area contributed by atoms with Gasteiger partial charge in [0.1, 0.15) is 0 Å². The van der Waals surface area contributed by atoms with E-state index in [1.807, 2.05) is 19.9 Å². The molecule has 1 heterocycles. The van der Waals surface area contributed by atoms with Crippen LogP contribution in [0.25, 0.3) is 0 Å². The third-order valence-corrected chi connectivity index (χ3v) is 6.49. The van der Waals surface area contributed by atoms with Crippen LogP contribution in [0.5, 0.6) is 0 Å². The topological polar surface area (TPSA) is 140 Å². The minimum absolute atomic E-state index is 0.0213. The monoisotopic (exact) mass is 528 g/mol. The van der Waals surface area contributed by atoms with E-state index in [4.69, 9.17) is 4.74 Å². The van der Waals surface area contributed by atoms with E-state index < -0.39 is 30.1 Å². The molecule has 3 N–H and O–H groups in total. The Bertz CT molecular complexity index is 1190. The highest BCUT2D eigenvalue weighted by Crippen LogP contribution is 2.25. The van der Waals surface area contributed by atoms with Gasteiger partial charge < -0.3 is 20.5 Å². The predicted molar refractivity (Wildman–Crippen MR) is 140 cm³/mol. The van der Waals surface area contributed by atoms with E-state index in [2.05, 4.69) is 28.4 Å². The first-order chi connectivity index (χ1) is 17.6. The fourth-order valence-electron chi connectivity index (χ4n) is 4.32. The lowest BCUT2D eigenvalue weighted by molar-refractivity contribution is -0.133. The van der Waals surface area contributed by atoms with Crippen molar-refractivity contribution in [1.29, 1.82) is 0 Å². The zero-order chi connectivity index (χ0) is 27.1. The van der Waals surface area contributed by atoms with Crippen LogP contribution in [0.2, 0.25) is 0 Å². The average molecular weight is 529 g/mol. The second-order valence-corrected chi connectivity index (χ2v) is 9.38. The van der Waals surface area contributed by atoms with Crippen molar-refractivity contribution in [2.24, 2.45) is 0 Å². The maximum Gasteiger partial charge on any atom is 0.331 e. The number of hydrogen-bond donors (Lipinski definition) is 4. The molecule has 0 unspecified atom stereocenters. The number of carbonyl (C=O) groups is 4. The van der Waals surface area contributed by atoms with Crippen LogP contribution in [0, 0.1) is 0 Å². The first-order valence-corrected chi connectivity index (χ1v) is 12.6. The summed E-state index contributed by atoms with van der Waals surface area (Å²) >= 11 is 3.85. The summed E-state index contributed by atoms with van der Waals surface area (Å²) in [6.07, 6.45) is 5.10. The van der Waals surface area contributed by atoms with Crippen LogP contribution in [-0.4, -0.2) is 62.1 Å². The number of carboxylic acids is 1. The van der Waals surface area contributed by atoms with Gasteiger partial charge in [0.25, 0.3) is 5.91 Å². The normalized spacial score (nSPS) is 19.3. The Balaban J connectivity index is 1.79. The number of carbonyl (C=O) groups excluding carboxylic acids is 3. The van der Waals surface area contributed by atoms with Gasteiger partial charge in [-0.1, -0.05) is 32.0 Å². The Kier molecular flexibility index (Phi) is 9.65. The van der Waals surface area contributed by atoms with Crippen molar-refractivity contribution in [3.8, 4) is 0 Å². The van der Waals surface area contributed by atoms with Gasteiger partial charge in [-0.15, -0.1) is 12.6 Å². The number of ether oxygens (including phenoxy) is 1. The van der Waals surface area contributed by atoms with Crippen LogP contribution in [-0.2, 0) is 20.9 Å². The first kappa shape index (κ1) is 28.1. The highest BCUT2D eigenvalue weighted by atomic mass is 32.1. The van der Waals surface area contributed by atoms with Crippen LogP contribution in [0.3, 0.4) is 0 Å². The number of nitrogens with zero attached hydrogens (tertiary/aromatic N) is 2. The van der Waals surface area contributed by atoms with E-state index >= 15 is 0 Å². The van der Waals surface area contributed by atoms with Crippen LogP contribution >= 0.6 is 12.6 Å². The minimum atomic E-state index is -1.10. The number of aliphatic carboxylic acids is 1. The van der Waals surface area contributed by atoms with E-state index in [0.29, 0.717) is 12.1 Å². The SMILES string of the molecule is CCC(CC)O[C@@H]1C=C(C(=O)O)C[C@H](NC(=O)c2cnn(Cc3cccc(C(=O)S)c3)c2)[C@H]1NC(C)=O. The van der Waals surface area contributed by atoms with E-state index in [1.165, 1.54) is 19.2 Å². The zero-order valence-corrected chi connectivity index (χ0v) is 21.9. The largest absolute Gasteiger partial charge is 0.478 e. The Morgan fingerprint density at radius 3 is 2.54 bits per heavy atom. The number of thiol groups is 1. The lowest BCUT2D eigenvalue weighted by atomic mass is 9.87. The Morgan fingerprint density at radius 1 is 1.19 bits per heavy atom. The van der Waals surface area contributed by atoms with Gasteiger partial charge in [-0.3, -0.25) is 19.1 Å². The van der Waals surface area contributed by atoms with E-state index in [9.17, 15) is 24.3 Å². The molecular formula is C26H32N4O6S. The number of aromatic nitrogens is 2. The molecule has 2 aromatic rings. The van der Waals surface area contributed by atoms with E-state index in [1.54, 1.807) is 29.1 Å². The highest BCUT2D eigenvalue weighted by Gasteiger charge is 2.38. The summed E-state index contributed by atoms with van der Waals surface area (Å²) in [7, 11) is 0. The molecule has 198 valence electrons. The van der Waals surface area contributed by atoms with Crippen molar-refractivity contribution in [1.82, 2.24) is 20.4 Å². The van der Waals surface area contributed by atoms with Gasteiger partial charge in [-0.05, 0) is 30.5 Å². The van der Waals surface area contributed by atoms with Gasteiger partial charge in [0.2, 0.25) is 11.0 Å². The molecule has 10 nitrogen and oxygen atoms in total. The summed E-state index contributed by atoms with van der Waals surface area (Å²) in [6.45, 7) is 5.63. The van der Waals surface area contributed by atoms with Crippen molar-refractivity contribution in [2.75, 3.05) is 0 Å². The molecule has 3 rings (SSSR count). The lowest BCUT2D eigenvalue weighted by Gasteiger charge is -2.38.